The number of rotatable bonds is 4. The molecular formula is C12H25NO2. The summed E-state index contributed by atoms with van der Waals surface area (Å²) < 4.78 is 5.10. The molecule has 3 nitrogen and oxygen atoms in total. The molecule has 0 spiro atoms. The molecule has 0 aromatic carbocycles. The number of aliphatic hydroxyl groups is 1. The quantitative estimate of drug-likeness (QED) is 0.774. The van der Waals surface area contributed by atoms with Gasteiger partial charge in [-0.15, -0.1) is 0 Å². The van der Waals surface area contributed by atoms with E-state index in [1.165, 1.54) is 0 Å². The van der Waals surface area contributed by atoms with Gasteiger partial charge in [0.1, 0.15) is 0 Å². The smallest absolute Gasteiger partial charge is 0.0632 e. The van der Waals surface area contributed by atoms with E-state index in [1.807, 2.05) is 6.92 Å². The molecule has 0 aromatic rings. The molecule has 0 aliphatic carbocycles. The lowest BCUT2D eigenvalue weighted by Gasteiger charge is -2.28. The first-order valence-electron chi connectivity index (χ1n) is 6.00. The van der Waals surface area contributed by atoms with Gasteiger partial charge in [-0.3, -0.25) is 0 Å². The first-order chi connectivity index (χ1) is 7.05. The van der Waals surface area contributed by atoms with Crippen molar-refractivity contribution in [3.05, 3.63) is 0 Å². The molecule has 1 aliphatic heterocycles. The molecule has 1 aliphatic rings. The van der Waals surface area contributed by atoms with E-state index in [4.69, 9.17) is 4.74 Å². The monoisotopic (exact) mass is 215 g/mol. The summed E-state index contributed by atoms with van der Waals surface area (Å²) in [7, 11) is 1.75. The van der Waals surface area contributed by atoms with Crippen LogP contribution in [-0.2, 0) is 4.74 Å². The molecule has 0 saturated carbocycles. The van der Waals surface area contributed by atoms with Crippen LogP contribution in [0.25, 0.3) is 0 Å². The Hall–Kier alpha value is -0.120. The Labute approximate surface area is 93.4 Å². The van der Waals surface area contributed by atoms with Crippen LogP contribution in [0.5, 0.6) is 0 Å². The summed E-state index contributed by atoms with van der Waals surface area (Å²) in [6.45, 7) is 7.16. The van der Waals surface area contributed by atoms with Gasteiger partial charge in [0.05, 0.1) is 5.60 Å². The second-order valence-electron chi connectivity index (χ2n) is 5.02. The normalized spacial score (nSPS) is 31.2. The van der Waals surface area contributed by atoms with Crippen molar-refractivity contribution in [3.8, 4) is 0 Å². The lowest BCUT2D eigenvalue weighted by molar-refractivity contribution is 0.0425. The molecule has 15 heavy (non-hydrogen) atoms. The third-order valence-corrected chi connectivity index (χ3v) is 3.46. The highest BCUT2D eigenvalue weighted by Crippen LogP contribution is 2.22. The Bertz CT molecular complexity index is 182. The van der Waals surface area contributed by atoms with Crippen molar-refractivity contribution in [2.45, 2.75) is 51.2 Å². The van der Waals surface area contributed by atoms with E-state index >= 15 is 0 Å². The van der Waals surface area contributed by atoms with Gasteiger partial charge in [-0.05, 0) is 46.1 Å². The van der Waals surface area contributed by atoms with Gasteiger partial charge < -0.3 is 14.7 Å². The van der Waals surface area contributed by atoms with E-state index in [0.717, 1.165) is 45.4 Å². The largest absolute Gasteiger partial charge is 0.390 e. The van der Waals surface area contributed by atoms with Crippen LogP contribution in [0, 0.1) is 0 Å². The average molecular weight is 215 g/mol. The lowest BCUT2D eigenvalue weighted by Crippen LogP contribution is -2.35. The molecule has 1 rings (SSSR count). The lowest BCUT2D eigenvalue weighted by atomic mass is 9.98. The van der Waals surface area contributed by atoms with Gasteiger partial charge in [-0.1, -0.05) is 0 Å². The summed E-state index contributed by atoms with van der Waals surface area (Å²) in [5.74, 6) is 0. The van der Waals surface area contributed by atoms with E-state index in [2.05, 4.69) is 11.8 Å². The number of nitrogens with zero attached hydrogens (tertiary/aromatic N) is 1. The van der Waals surface area contributed by atoms with Crippen LogP contribution < -0.4 is 0 Å². The Morgan fingerprint density at radius 1 is 1.40 bits per heavy atom. The minimum absolute atomic E-state index is 0.449. The maximum Gasteiger partial charge on any atom is 0.0632 e. The molecule has 3 heteroatoms. The first-order valence-corrected chi connectivity index (χ1v) is 6.00. The zero-order valence-corrected chi connectivity index (χ0v) is 10.3. The molecule has 2 atom stereocenters. The minimum Gasteiger partial charge on any atom is -0.390 e. The van der Waals surface area contributed by atoms with E-state index in [0.29, 0.717) is 6.04 Å². The number of hydrogen-bond donors (Lipinski definition) is 1. The van der Waals surface area contributed by atoms with Crippen molar-refractivity contribution in [1.82, 2.24) is 4.90 Å². The van der Waals surface area contributed by atoms with Gasteiger partial charge in [0, 0.05) is 26.3 Å². The van der Waals surface area contributed by atoms with Gasteiger partial charge in [-0.2, -0.15) is 0 Å². The molecule has 90 valence electrons. The molecule has 0 amide bonds. The molecule has 0 aromatic heterocycles. The maximum absolute atomic E-state index is 9.98. The molecule has 0 bridgehead atoms. The number of hydrogen-bond acceptors (Lipinski definition) is 3. The fourth-order valence-electron chi connectivity index (χ4n) is 2.20. The van der Waals surface area contributed by atoms with E-state index < -0.39 is 5.60 Å². The van der Waals surface area contributed by atoms with Crippen molar-refractivity contribution in [2.24, 2.45) is 0 Å². The number of ether oxygens (including phenoxy) is 1. The zero-order valence-electron chi connectivity index (χ0n) is 10.3. The van der Waals surface area contributed by atoms with Crippen LogP contribution in [-0.4, -0.2) is 48.5 Å². The van der Waals surface area contributed by atoms with Crippen molar-refractivity contribution in [1.29, 1.82) is 0 Å². The van der Waals surface area contributed by atoms with Crippen molar-refractivity contribution in [3.63, 3.8) is 0 Å². The summed E-state index contributed by atoms with van der Waals surface area (Å²) in [6, 6.07) is 0.568. The predicted molar refractivity (Wildman–Crippen MR) is 62.0 cm³/mol. The van der Waals surface area contributed by atoms with Crippen LogP contribution in [0.3, 0.4) is 0 Å². The molecule has 1 saturated heterocycles. The molecule has 1 fully saturated rings. The zero-order chi connectivity index (χ0) is 11.3. The van der Waals surface area contributed by atoms with E-state index in [-0.39, 0.29) is 0 Å². The molecule has 0 radical (unpaired) electrons. The molecule has 1 N–H and O–H groups in total. The van der Waals surface area contributed by atoms with Crippen molar-refractivity contribution < 1.29 is 9.84 Å². The Balaban J connectivity index is 2.36. The average Bonchev–Trinajstić information content (AvgIpc) is 2.36. The van der Waals surface area contributed by atoms with Crippen LogP contribution in [0.1, 0.15) is 39.5 Å². The van der Waals surface area contributed by atoms with Crippen LogP contribution >= 0.6 is 0 Å². The van der Waals surface area contributed by atoms with Crippen molar-refractivity contribution in [2.75, 3.05) is 26.8 Å². The summed E-state index contributed by atoms with van der Waals surface area (Å²) in [6.07, 6.45) is 4.01. The van der Waals surface area contributed by atoms with Gasteiger partial charge in [0.15, 0.2) is 0 Å². The minimum atomic E-state index is -0.449. The third-order valence-electron chi connectivity index (χ3n) is 3.46. The molecule has 1 heterocycles. The van der Waals surface area contributed by atoms with Gasteiger partial charge in [-0.25, -0.2) is 0 Å². The standard InChI is InChI=1S/C12H25NO2/c1-11(5-10-15-3)13-8-4-6-12(2,14)7-9-13/h11,14H,4-10H2,1-3H3. The highest BCUT2D eigenvalue weighted by Gasteiger charge is 2.26. The first kappa shape index (κ1) is 12.9. The van der Waals surface area contributed by atoms with Gasteiger partial charge >= 0.3 is 0 Å². The second kappa shape index (κ2) is 5.83. The van der Waals surface area contributed by atoms with Crippen LogP contribution in [0.2, 0.25) is 0 Å². The summed E-state index contributed by atoms with van der Waals surface area (Å²) in [4.78, 5) is 2.47. The summed E-state index contributed by atoms with van der Waals surface area (Å²) >= 11 is 0. The van der Waals surface area contributed by atoms with Crippen molar-refractivity contribution >= 4 is 0 Å². The third kappa shape index (κ3) is 4.49. The van der Waals surface area contributed by atoms with E-state index in [1.54, 1.807) is 7.11 Å². The predicted octanol–water partition coefficient (Wildman–Crippen LogP) is 1.65. The molecule has 2 unspecified atom stereocenters. The van der Waals surface area contributed by atoms with Crippen LogP contribution in [0.4, 0.5) is 0 Å². The Morgan fingerprint density at radius 2 is 2.13 bits per heavy atom. The highest BCUT2D eigenvalue weighted by molar-refractivity contribution is 4.81. The molecular weight excluding hydrogens is 190 g/mol. The number of methoxy groups -OCH3 is 1. The van der Waals surface area contributed by atoms with E-state index in [9.17, 15) is 5.11 Å². The Morgan fingerprint density at radius 3 is 2.80 bits per heavy atom. The highest BCUT2D eigenvalue weighted by atomic mass is 16.5. The maximum atomic E-state index is 9.98. The van der Waals surface area contributed by atoms with Gasteiger partial charge in [0.2, 0.25) is 0 Å². The fraction of sp³-hybridized carbons (Fsp3) is 1.00. The van der Waals surface area contributed by atoms with Crippen LogP contribution in [0.15, 0.2) is 0 Å². The van der Waals surface area contributed by atoms with Gasteiger partial charge in [0.25, 0.3) is 0 Å². The fourth-order valence-corrected chi connectivity index (χ4v) is 2.20. The Kier molecular flexibility index (Phi) is 5.03. The SMILES string of the molecule is COCCC(C)N1CCCC(C)(O)CC1. The summed E-state index contributed by atoms with van der Waals surface area (Å²) in [5, 5.41) is 9.98. The second-order valence-corrected chi connectivity index (χ2v) is 5.02. The number of likely N-dealkylation sites (tertiary alicyclic amines) is 1. The summed E-state index contributed by atoms with van der Waals surface area (Å²) in [5.41, 5.74) is -0.449. The topological polar surface area (TPSA) is 32.7 Å².